The molecule has 2 N–H and O–H groups in total. The second kappa shape index (κ2) is 9.09. The van der Waals surface area contributed by atoms with Crippen molar-refractivity contribution >= 4 is 22.8 Å². The van der Waals surface area contributed by atoms with Crippen molar-refractivity contribution in [2.24, 2.45) is 0 Å². The quantitative estimate of drug-likeness (QED) is 0.480. The molecule has 0 aliphatic carbocycles. The van der Waals surface area contributed by atoms with E-state index in [0.29, 0.717) is 23.7 Å². The van der Waals surface area contributed by atoms with E-state index >= 15 is 0 Å². The number of amides is 1. The van der Waals surface area contributed by atoms with Crippen LogP contribution < -0.4 is 4.74 Å². The number of hydrogen-bond donors (Lipinski definition) is 2. The van der Waals surface area contributed by atoms with Crippen molar-refractivity contribution < 1.29 is 32.6 Å². The number of carboxylic acid groups (broad SMARTS) is 1. The average molecular weight is 471 g/mol. The number of H-pyrrole nitrogens is 1. The van der Waals surface area contributed by atoms with Crippen LogP contribution in [0.5, 0.6) is 5.75 Å². The maximum absolute atomic E-state index is 13.8. The summed E-state index contributed by atoms with van der Waals surface area (Å²) in [6, 6.07) is 11.5. The molecule has 34 heavy (non-hydrogen) atoms. The predicted octanol–water partition coefficient (Wildman–Crippen LogP) is 5.47. The van der Waals surface area contributed by atoms with Crippen LogP contribution in [0.25, 0.3) is 22.0 Å². The van der Waals surface area contributed by atoms with Gasteiger partial charge in [0.25, 0.3) is 0 Å². The number of hydrogen-bond acceptors (Lipinski definition) is 4. The standard InChI is InChI=1S/C24H20F3N3O4/c25-24(26,27)18-4-2-1-3-16(18)17-13-19-14(11-20(29-19)21(31)5-8-28)12-22(17)34-15-6-9-30(10-7-15)23(32)33/h1-4,11-13,15,29H,5-7,9-10H2,(H,32,33). The lowest BCUT2D eigenvalue weighted by atomic mass is 9.97. The second-order valence-corrected chi connectivity index (χ2v) is 8.01. The van der Waals surface area contributed by atoms with Gasteiger partial charge in [-0.3, -0.25) is 4.79 Å². The molecule has 1 fully saturated rings. The monoisotopic (exact) mass is 471 g/mol. The molecule has 1 saturated heterocycles. The molecule has 176 valence electrons. The van der Waals surface area contributed by atoms with Crippen LogP contribution in [0.4, 0.5) is 18.0 Å². The lowest BCUT2D eigenvalue weighted by molar-refractivity contribution is -0.137. The number of fused-ring (bicyclic) bond motifs is 1. The lowest BCUT2D eigenvalue weighted by Crippen LogP contribution is -2.41. The molecule has 0 bridgehead atoms. The van der Waals surface area contributed by atoms with E-state index < -0.39 is 23.6 Å². The summed E-state index contributed by atoms with van der Waals surface area (Å²) >= 11 is 0. The zero-order valence-electron chi connectivity index (χ0n) is 17.9. The van der Waals surface area contributed by atoms with E-state index in [1.807, 2.05) is 0 Å². The number of Topliss-reactive ketones (excluding diaryl/α,β-unsaturated/α-hetero) is 1. The number of ether oxygens (including phenoxy) is 1. The topological polar surface area (TPSA) is 106 Å². The number of halogens is 3. The molecule has 10 heteroatoms. The molecule has 1 amide bonds. The number of nitrogens with zero attached hydrogens (tertiary/aromatic N) is 2. The highest BCUT2D eigenvalue weighted by Crippen LogP contribution is 2.42. The Hall–Kier alpha value is -4.00. The number of alkyl halides is 3. The van der Waals surface area contributed by atoms with Crippen LogP contribution in [0, 0.1) is 11.3 Å². The number of nitrogens with one attached hydrogen (secondary N) is 1. The fraction of sp³-hybridized carbons (Fsp3) is 0.292. The summed E-state index contributed by atoms with van der Waals surface area (Å²) in [5.41, 5.74) is -0.0938. The van der Waals surface area contributed by atoms with Gasteiger partial charge in [0, 0.05) is 42.4 Å². The Labute approximate surface area is 192 Å². The van der Waals surface area contributed by atoms with E-state index in [4.69, 9.17) is 15.1 Å². The summed E-state index contributed by atoms with van der Waals surface area (Å²) in [4.78, 5) is 27.5. The molecular weight excluding hydrogens is 451 g/mol. The molecule has 7 nitrogen and oxygen atoms in total. The average Bonchev–Trinajstić information content (AvgIpc) is 3.22. The molecule has 4 rings (SSSR count). The molecule has 0 saturated carbocycles. The highest BCUT2D eigenvalue weighted by molar-refractivity contribution is 6.01. The third-order valence-electron chi connectivity index (χ3n) is 5.79. The van der Waals surface area contributed by atoms with Gasteiger partial charge in [0.05, 0.1) is 17.3 Å². The summed E-state index contributed by atoms with van der Waals surface area (Å²) in [5.74, 6) is -0.226. The van der Waals surface area contributed by atoms with Crippen molar-refractivity contribution in [3.63, 3.8) is 0 Å². The van der Waals surface area contributed by atoms with E-state index in [9.17, 15) is 22.8 Å². The van der Waals surface area contributed by atoms with E-state index in [1.54, 1.807) is 12.1 Å². The Balaban J connectivity index is 1.79. The van der Waals surface area contributed by atoms with Crippen molar-refractivity contribution in [1.82, 2.24) is 9.88 Å². The number of carbonyl (C=O) groups is 2. The maximum atomic E-state index is 13.8. The van der Waals surface area contributed by atoms with Gasteiger partial charge < -0.3 is 19.7 Å². The Morgan fingerprint density at radius 2 is 1.85 bits per heavy atom. The number of piperidine rings is 1. The van der Waals surface area contributed by atoms with E-state index in [-0.39, 0.29) is 48.2 Å². The number of aromatic nitrogens is 1. The number of nitriles is 1. The van der Waals surface area contributed by atoms with Gasteiger partial charge in [0.2, 0.25) is 0 Å². The number of likely N-dealkylation sites (tertiary alicyclic amines) is 1. The molecule has 0 atom stereocenters. The fourth-order valence-electron chi connectivity index (χ4n) is 4.09. The van der Waals surface area contributed by atoms with Gasteiger partial charge in [-0.15, -0.1) is 0 Å². The predicted molar refractivity (Wildman–Crippen MR) is 117 cm³/mol. The first-order valence-electron chi connectivity index (χ1n) is 10.6. The highest BCUT2D eigenvalue weighted by Gasteiger charge is 2.34. The van der Waals surface area contributed by atoms with Gasteiger partial charge in [-0.2, -0.15) is 18.4 Å². The Morgan fingerprint density at radius 3 is 2.50 bits per heavy atom. The van der Waals surface area contributed by atoms with Gasteiger partial charge >= 0.3 is 12.3 Å². The molecule has 0 unspecified atom stereocenters. The molecule has 1 aromatic heterocycles. The number of carbonyl (C=O) groups excluding carboxylic acids is 1. The Kier molecular flexibility index (Phi) is 6.20. The first-order valence-corrected chi connectivity index (χ1v) is 10.6. The molecule has 0 radical (unpaired) electrons. The molecule has 3 aromatic rings. The van der Waals surface area contributed by atoms with Crippen LogP contribution in [0.2, 0.25) is 0 Å². The minimum atomic E-state index is -4.60. The number of aromatic amines is 1. The van der Waals surface area contributed by atoms with Gasteiger partial charge in [-0.25, -0.2) is 4.79 Å². The summed E-state index contributed by atoms with van der Waals surface area (Å²) in [7, 11) is 0. The Morgan fingerprint density at radius 1 is 1.15 bits per heavy atom. The summed E-state index contributed by atoms with van der Waals surface area (Å²) in [6.45, 7) is 0.515. The normalized spacial score (nSPS) is 14.7. The number of rotatable bonds is 5. The molecule has 2 aromatic carbocycles. The van der Waals surface area contributed by atoms with Crippen molar-refractivity contribution in [2.45, 2.75) is 31.5 Å². The first-order chi connectivity index (χ1) is 16.2. The largest absolute Gasteiger partial charge is 0.490 e. The van der Waals surface area contributed by atoms with Crippen LogP contribution in [0.3, 0.4) is 0 Å². The minimum Gasteiger partial charge on any atom is -0.490 e. The Bertz CT molecular complexity index is 1280. The molecule has 1 aliphatic heterocycles. The second-order valence-electron chi connectivity index (χ2n) is 8.01. The van der Waals surface area contributed by atoms with Crippen molar-refractivity contribution in [3.8, 4) is 22.9 Å². The molecular formula is C24H20F3N3O4. The van der Waals surface area contributed by atoms with Crippen LogP contribution in [0.1, 0.15) is 35.3 Å². The lowest BCUT2D eigenvalue weighted by Gasteiger charge is -2.31. The van der Waals surface area contributed by atoms with Crippen LogP contribution in [-0.2, 0) is 6.18 Å². The summed E-state index contributed by atoms with van der Waals surface area (Å²) < 4.78 is 47.4. The van der Waals surface area contributed by atoms with Gasteiger partial charge in [0.15, 0.2) is 5.78 Å². The van der Waals surface area contributed by atoms with Gasteiger partial charge in [-0.05, 0) is 29.8 Å². The van der Waals surface area contributed by atoms with Gasteiger partial charge in [-0.1, -0.05) is 18.2 Å². The third-order valence-corrected chi connectivity index (χ3v) is 5.79. The van der Waals surface area contributed by atoms with E-state index in [0.717, 1.165) is 6.07 Å². The zero-order chi connectivity index (χ0) is 24.5. The summed E-state index contributed by atoms with van der Waals surface area (Å²) in [6.07, 6.45) is -5.56. The smallest absolute Gasteiger partial charge is 0.417 e. The third kappa shape index (κ3) is 4.69. The summed E-state index contributed by atoms with van der Waals surface area (Å²) in [5, 5.41) is 18.5. The minimum absolute atomic E-state index is 0.0747. The van der Waals surface area contributed by atoms with Crippen LogP contribution in [-0.4, -0.2) is 46.1 Å². The van der Waals surface area contributed by atoms with E-state index in [1.165, 1.54) is 35.2 Å². The fourth-order valence-corrected chi connectivity index (χ4v) is 4.09. The zero-order valence-corrected chi connectivity index (χ0v) is 17.9. The molecule has 2 heterocycles. The van der Waals surface area contributed by atoms with Crippen molar-refractivity contribution in [3.05, 3.63) is 53.7 Å². The van der Waals surface area contributed by atoms with E-state index in [2.05, 4.69) is 4.98 Å². The molecule has 0 spiro atoms. The number of ketones is 1. The van der Waals surface area contributed by atoms with Crippen molar-refractivity contribution in [2.75, 3.05) is 13.1 Å². The first kappa shape index (κ1) is 23.2. The van der Waals surface area contributed by atoms with Crippen LogP contribution >= 0.6 is 0 Å². The van der Waals surface area contributed by atoms with Crippen molar-refractivity contribution in [1.29, 1.82) is 5.26 Å². The molecule has 1 aliphatic rings. The van der Waals surface area contributed by atoms with Gasteiger partial charge in [0.1, 0.15) is 18.3 Å². The SMILES string of the molecule is N#CCC(=O)c1cc2cc(OC3CCN(C(=O)O)CC3)c(-c3ccccc3C(F)(F)F)cc2[nH]1. The number of benzene rings is 2. The maximum Gasteiger partial charge on any atom is 0.417 e. The highest BCUT2D eigenvalue weighted by atomic mass is 19.4. The van der Waals surface area contributed by atoms with Crippen LogP contribution in [0.15, 0.2) is 42.5 Å².